The largest absolute Gasteiger partial charge is 0.481 e. The third-order valence-electron chi connectivity index (χ3n) is 4.30. The molecule has 0 aromatic heterocycles. The Morgan fingerprint density at radius 1 is 1.33 bits per heavy atom. The van der Waals surface area contributed by atoms with Gasteiger partial charge in [0.15, 0.2) is 0 Å². The van der Waals surface area contributed by atoms with Crippen LogP contribution in [-0.2, 0) is 11.2 Å². The number of benzene rings is 1. The number of hydrogen-bond acceptors (Lipinski definition) is 4. The van der Waals surface area contributed by atoms with Crippen LogP contribution in [0.5, 0.6) is 0 Å². The van der Waals surface area contributed by atoms with Gasteiger partial charge in [-0.25, -0.2) is 0 Å². The molecule has 1 amide bonds. The van der Waals surface area contributed by atoms with Crippen molar-refractivity contribution in [3.63, 3.8) is 0 Å². The van der Waals surface area contributed by atoms with Crippen molar-refractivity contribution in [2.75, 3.05) is 13.1 Å². The summed E-state index contributed by atoms with van der Waals surface area (Å²) in [5.41, 5.74) is 1.73. The van der Waals surface area contributed by atoms with Crippen molar-refractivity contribution in [2.24, 2.45) is 5.92 Å². The number of carboxylic acid groups (broad SMARTS) is 1. The second-order valence-electron chi connectivity index (χ2n) is 6.65. The average Bonchev–Trinajstić information content (AvgIpc) is 2.53. The van der Waals surface area contributed by atoms with Crippen molar-refractivity contribution in [3.05, 3.63) is 35.4 Å². The van der Waals surface area contributed by atoms with Gasteiger partial charge in [-0.3, -0.25) is 14.9 Å². The highest BCUT2D eigenvalue weighted by atomic mass is 16.4. The van der Waals surface area contributed by atoms with Crippen molar-refractivity contribution >= 4 is 11.9 Å². The van der Waals surface area contributed by atoms with Gasteiger partial charge in [-0.1, -0.05) is 32.0 Å². The number of rotatable bonds is 8. The maximum Gasteiger partial charge on any atom is 0.304 e. The summed E-state index contributed by atoms with van der Waals surface area (Å²) in [5.74, 6) is -0.685. The molecule has 0 fully saturated rings. The number of carbonyl (C=O) groups excluding carboxylic acids is 1. The summed E-state index contributed by atoms with van der Waals surface area (Å²) in [5, 5.41) is 22.1. The van der Waals surface area contributed by atoms with Gasteiger partial charge in [-0.2, -0.15) is 0 Å². The molecule has 2 rings (SSSR count). The minimum Gasteiger partial charge on any atom is -0.481 e. The molecule has 6 heteroatoms. The number of nitrogens with zero attached hydrogens (tertiary/aromatic N) is 1. The Labute approximate surface area is 142 Å². The minimum atomic E-state index is -0.944. The number of nitrogens with one attached hydrogen (secondary N) is 1. The molecule has 3 N–H and O–H groups in total. The van der Waals surface area contributed by atoms with Crippen LogP contribution in [0, 0.1) is 5.92 Å². The van der Waals surface area contributed by atoms with E-state index in [1.54, 1.807) is 4.90 Å². The average molecular weight is 334 g/mol. The number of aliphatic hydroxyl groups excluding tert-OH is 1. The van der Waals surface area contributed by atoms with Crippen LogP contribution in [0.25, 0.3) is 0 Å². The third kappa shape index (κ3) is 4.55. The van der Waals surface area contributed by atoms with E-state index in [-0.39, 0.29) is 24.9 Å². The highest BCUT2D eigenvalue weighted by molar-refractivity contribution is 5.97. The van der Waals surface area contributed by atoms with E-state index in [0.717, 1.165) is 12.0 Å². The van der Waals surface area contributed by atoms with Crippen LogP contribution in [-0.4, -0.2) is 52.3 Å². The molecule has 0 bridgehead atoms. The van der Waals surface area contributed by atoms with E-state index in [1.807, 2.05) is 38.1 Å². The molecule has 1 aliphatic heterocycles. The van der Waals surface area contributed by atoms with Crippen LogP contribution in [0.15, 0.2) is 24.3 Å². The second-order valence-corrected chi connectivity index (χ2v) is 6.65. The normalized spacial score (nSPS) is 16.8. The SMILES string of the molecule is CC(C)CC(C(O)NCCC(=O)O)N1CCc2ccccc2C1=O. The summed E-state index contributed by atoms with van der Waals surface area (Å²) < 4.78 is 0. The topological polar surface area (TPSA) is 89.9 Å². The molecule has 2 atom stereocenters. The molecule has 0 saturated heterocycles. The summed E-state index contributed by atoms with van der Waals surface area (Å²) in [6, 6.07) is 7.18. The predicted octanol–water partition coefficient (Wildman–Crippen LogP) is 1.48. The van der Waals surface area contributed by atoms with Gasteiger partial charge >= 0.3 is 5.97 Å². The fourth-order valence-corrected chi connectivity index (χ4v) is 3.13. The molecule has 0 aliphatic carbocycles. The lowest BCUT2D eigenvalue weighted by Crippen LogP contribution is -2.55. The quantitative estimate of drug-likeness (QED) is 0.627. The second kappa shape index (κ2) is 8.26. The maximum absolute atomic E-state index is 12.8. The minimum absolute atomic E-state index is 0.0672. The molecular formula is C18H26N2O4. The fourth-order valence-electron chi connectivity index (χ4n) is 3.13. The van der Waals surface area contributed by atoms with Crippen molar-refractivity contribution in [1.82, 2.24) is 10.2 Å². The number of fused-ring (bicyclic) bond motifs is 1. The van der Waals surface area contributed by atoms with Crippen LogP contribution in [0.1, 0.15) is 42.6 Å². The van der Waals surface area contributed by atoms with E-state index >= 15 is 0 Å². The number of carbonyl (C=O) groups is 2. The van der Waals surface area contributed by atoms with Gasteiger partial charge in [-0.05, 0) is 30.4 Å². The van der Waals surface area contributed by atoms with E-state index < -0.39 is 12.2 Å². The molecule has 0 spiro atoms. The summed E-state index contributed by atoms with van der Waals surface area (Å²) in [6.07, 6.45) is 0.399. The Bertz CT molecular complexity index is 588. The molecule has 24 heavy (non-hydrogen) atoms. The molecular weight excluding hydrogens is 308 g/mol. The standard InChI is InChI=1S/C18H26N2O4/c1-12(2)11-15(17(23)19-9-7-16(21)22)20-10-8-13-5-3-4-6-14(13)18(20)24/h3-6,12,15,17,19,23H,7-11H2,1-2H3,(H,21,22). The Balaban J connectivity index is 2.13. The van der Waals surface area contributed by atoms with Gasteiger partial charge in [-0.15, -0.1) is 0 Å². The monoisotopic (exact) mass is 334 g/mol. The first-order chi connectivity index (χ1) is 11.4. The summed E-state index contributed by atoms with van der Waals surface area (Å²) in [6.45, 7) is 4.81. The van der Waals surface area contributed by atoms with Gasteiger partial charge in [0.1, 0.15) is 6.23 Å². The van der Waals surface area contributed by atoms with Gasteiger partial charge in [0, 0.05) is 18.7 Å². The Morgan fingerprint density at radius 2 is 2.04 bits per heavy atom. The third-order valence-corrected chi connectivity index (χ3v) is 4.30. The summed E-state index contributed by atoms with van der Waals surface area (Å²) in [7, 11) is 0. The van der Waals surface area contributed by atoms with E-state index in [2.05, 4.69) is 5.32 Å². The zero-order valence-electron chi connectivity index (χ0n) is 14.2. The molecule has 1 aliphatic rings. The number of aliphatic carboxylic acids is 1. The lowest BCUT2D eigenvalue weighted by molar-refractivity contribution is -0.137. The number of carboxylic acids is 1. The molecule has 132 valence electrons. The molecule has 1 aromatic rings. The fraction of sp³-hybridized carbons (Fsp3) is 0.556. The first kappa shape index (κ1) is 18.4. The van der Waals surface area contributed by atoms with E-state index in [9.17, 15) is 14.7 Å². The zero-order valence-corrected chi connectivity index (χ0v) is 14.2. The van der Waals surface area contributed by atoms with Crippen LogP contribution in [0.3, 0.4) is 0 Å². The molecule has 2 unspecified atom stereocenters. The molecule has 1 aromatic carbocycles. The van der Waals surface area contributed by atoms with Gasteiger partial charge in [0.2, 0.25) is 0 Å². The van der Waals surface area contributed by atoms with Crippen LogP contribution >= 0.6 is 0 Å². The Kier molecular flexibility index (Phi) is 6.34. The van der Waals surface area contributed by atoms with Gasteiger partial charge < -0.3 is 15.1 Å². The van der Waals surface area contributed by atoms with Gasteiger partial charge in [0.05, 0.1) is 12.5 Å². The lowest BCUT2D eigenvalue weighted by Gasteiger charge is -2.39. The van der Waals surface area contributed by atoms with Crippen LogP contribution in [0.2, 0.25) is 0 Å². The molecule has 1 heterocycles. The van der Waals surface area contributed by atoms with E-state index in [0.29, 0.717) is 24.4 Å². The maximum atomic E-state index is 12.8. The Hall–Kier alpha value is -1.92. The van der Waals surface area contributed by atoms with Crippen LogP contribution < -0.4 is 5.32 Å². The molecule has 0 radical (unpaired) electrons. The van der Waals surface area contributed by atoms with Crippen molar-refractivity contribution in [1.29, 1.82) is 0 Å². The smallest absolute Gasteiger partial charge is 0.304 e. The zero-order chi connectivity index (χ0) is 17.7. The number of aliphatic hydroxyl groups is 1. The van der Waals surface area contributed by atoms with Crippen molar-refractivity contribution in [2.45, 2.75) is 45.4 Å². The highest BCUT2D eigenvalue weighted by Crippen LogP contribution is 2.24. The van der Waals surface area contributed by atoms with Crippen molar-refractivity contribution in [3.8, 4) is 0 Å². The number of hydrogen-bond donors (Lipinski definition) is 3. The predicted molar refractivity (Wildman–Crippen MR) is 90.7 cm³/mol. The molecule has 0 saturated carbocycles. The van der Waals surface area contributed by atoms with E-state index in [1.165, 1.54) is 0 Å². The highest BCUT2D eigenvalue weighted by Gasteiger charge is 2.34. The Morgan fingerprint density at radius 3 is 2.71 bits per heavy atom. The number of amides is 1. The van der Waals surface area contributed by atoms with Crippen molar-refractivity contribution < 1.29 is 19.8 Å². The van der Waals surface area contributed by atoms with Gasteiger partial charge in [0.25, 0.3) is 5.91 Å². The summed E-state index contributed by atoms with van der Waals surface area (Å²) in [4.78, 5) is 25.2. The summed E-state index contributed by atoms with van der Waals surface area (Å²) >= 11 is 0. The molecule has 6 nitrogen and oxygen atoms in total. The van der Waals surface area contributed by atoms with E-state index in [4.69, 9.17) is 5.11 Å². The lowest BCUT2D eigenvalue weighted by atomic mass is 9.94. The first-order valence-corrected chi connectivity index (χ1v) is 8.42. The first-order valence-electron chi connectivity index (χ1n) is 8.42. The van der Waals surface area contributed by atoms with Crippen LogP contribution in [0.4, 0.5) is 0 Å².